The number of amides is 1. The van der Waals surface area contributed by atoms with Crippen LogP contribution in [0.15, 0.2) is 18.2 Å². The Hall–Kier alpha value is -2.01. The van der Waals surface area contributed by atoms with Crippen molar-refractivity contribution in [1.29, 1.82) is 0 Å². The first kappa shape index (κ1) is 11.1. The Balaban J connectivity index is 2.05. The van der Waals surface area contributed by atoms with Crippen LogP contribution in [0.1, 0.15) is 20.9 Å². The van der Waals surface area contributed by atoms with Crippen molar-refractivity contribution in [3.63, 3.8) is 0 Å². The van der Waals surface area contributed by atoms with E-state index in [9.17, 15) is 9.59 Å². The van der Waals surface area contributed by atoms with E-state index in [0.29, 0.717) is 11.3 Å². The molecule has 5 heteroatoms. The van der Waals surface area contributed by atoms with E-state index in [2.05, 4.69) is 10.3 Å². The third-order valence-electron chi connectivity index (χ3n) is 2.92. The molecule has 1 N–H and O–H groups in total. The molecule has 1 amide bonds. The zero-order chi connectivity index (χ0) is 12.7. The Morgan fingerprint density at radius 1 is 1.44 bits per heavy atom. The first-order valence-electron chi connectivity index (χ1n) is 5.53. The van der Waals surface area contributed by atoms with Crippen LogP contribution in [0.25, 0.3) is 10.6 Å². The maximum atomic E-state index is 11.3. The first-order chi connectivity index (χ1) is 8.67. The number of hydrogen-bond donors (Lipinski definition) is 1. The molecule has 0 aliphatic carbocycles. The number of anilines is 1. The first-order valence-corrected chi connectivity index (χ1v) is 6.35. The summed E-state index contributed by atoms with van der Waals surface area (Å²) in [6, 6.07) is 5.75. The lowest BCUT2D eigenvalue weighted by Crippen LogP contribution is -2.03. The molecule has 0 atom stereocenters. The third kappa shape index (κ3) is 1.73. The molecular weight excluding hydrogens is 248 g/mol. The van der Waals surface area contributed by atoms with Crippen LogP contribution in [-0.2, 0) is 11.2 Å². The molecule has 2 heterocycles. The molecule has 90 valence electrons. The Morgan fingerprint density at radius 3 is 3.00 bits per heavy atom. The van der Waals surface area contributed by atoms with Crippen LogP contribution in [0.3, 0.4) is 0 Å². The topological polar surface area (TPSA) is 59.1 Å². The van der Waals surface area contributed by atoms with Gasteiger partial charge in [-0.05, 0) is 30.7 Å². The van der Waals surface area contributed by atoms with Gasteiger partial charge in [-0.25, -0.2) is 4.98 Å². The number of benzene rings is 1. The normalized spacial score (nSPS) is 13.3. The minimum absolute atomic E-state index is 0.0195. The summed E-state index contributed by atoms with van der Waals surface area (Å²) in [5.41, 5.74) is 3.55. The minimum Gasteiger partial charge on any atom is -0.326 e. The van der Waals surface area contributed by atoms with E-state index in [1.54, 1.807) is 0 Å². The summed E-state index contributed by atoms with van der Waals surface area (Å²) in [6.07, 6.45) is 1.24. The summed E-state index contributed by atoms with van der Waals surface area (Å²) in [4.78, 5) is 27.1. The van der Waals surface area contributed by atoms with E-state index in [1.165, 1.54) is 11.3 Å². The molecular formula is C13H10N2O2S. The Labute approximate surface area is 108 Å². The highest BCUT2D eigenvalue weighted by Gasteiger charge is 2.18. The van der Waals surface area contributed by atoms with E-state index in [1.807, 2.05) is 25.1 Å². The fourth-order valence-corrected chi connectivity index (χ4v) is 2.88. The van der Waals surface area contributed by atoms with Crippen molar-refractivity contribution in [2.75, 3.05) is 5.32 Å². The molecule has 0 spiro atoms. The molecule has 1 aliphatic rings. The number of aromatic nitrogens is 1. The van der Waals surface area contributed by atoms with Crippen molar-refractivity contribution in [2.24, 2.45) is 0 Å². The van der Waals surface area contributed by atoms with Gasteiger partial charge in [-0.3, -0.25) is 9.59 Å². The van der Waals surface area contributed by atoms with Crippen LogP contribution >= 0.6 is 11.3 Å². The number of thiazole rings is 1. The van der Waals surface area contributed by atoms with Gasteiger partial charge in [0.05, 0.1) is 17.0 Å². The zero-order valence-corrected chi connectivity index (χ0v) is 10.5. The van der Waals surface area contributed by atoms with Gasteiger partial charge in [-0.2, -0.15) is 0 Å². The summed E-state index contributed by atoms with van der Waals surface area (Å²) in [5.74, 6) is 0.0195. The minimum atomic E-state index is 0.0195. The average molecular weight is 258 g/mol. The molecule has 1 aromatic carbocycles. The van der Waals surface area contributed by atoms with Crippen LogP contribution in [0.4, 0.5) is 5.69 Å². The molecule has 2 aromatic rings. The summed E-state index contributed by atoms with van der Waals surface area (Å²) >= 11 is 1.37. The van der Waals surface area contributed by atoms with Gasteiger partial charge in [0, 0.05) is 11.3 Å². The highest BCUT2D eigenvalue weighted by atomic mass is 32.1. The number of rotatable bonds is 2. The van der Waals surface area contributed by atoms with Crippen LogP contribution in [-0.4, -0.2) is 17.2 Å². The number of aldehydes is 1. The number of aryl methyl sites for hydroxylation is 1. The largest absolute Gasteiger partial charge is 0.326 e. The number of nitrogens with zero attached hydrogens (tertiary/aromatic N) is 1. The van der Waals surface area contributed by atoms with Gasteiger partial charge < -0.3 is 5.32 Å². The number of carbonyl (C=O) groups is 2. The van der Waals surface area contributed by atoms with Crippen molar-refractivity contribution in [3.8, 4) is 10.6 Å². The lowest BCUT2D eigenvalue weighted by molar-refractivity contribution is -0.115. The smallest absolute Gasteiger partial charge is 0.228 e. The highest BCUT2D eigenvalue weighted by Crippen LogP contribution is 2.31. The molecule has 1 aromatic heterocycles. The predicted octanol–water partition coefficient (Wildman–Crippen LogP) is 2.43. The molecule has 0 saturated heterocycles. The van der Waals surface area contributed by atoms with E-state index in [-0.39, 0.29) is 5.91 Å². The fraction of sp³-hybridized carbons (Fsp3) is 0.154. The summed E-state index contributed by atoms with van der Waals surface area (Å²) < 4.78 is 0. The molecule has 1 aliphatic heterocycles. The number of hydrogen-bond acceptors (Lipinski definition) is 4. The Kier molecular flexibility index (Phi) is 2.48. The highest BCUT2D eigenvalue weighted by molar-refractivity contribution is 7.16. The fourth-order valence-electron chi connectivity index (χ4n) is 2.00. The van der Waals surface area contributed by atoms with Crippen molar-refractivity contribution in [1.82, 2.24) is 4.98 Å². The van der Waals surface area contributed by atoms with E-state index >= 15 is 0 Å². The van der Waals surface area contributed by atoms with Gasteiger partial charge in [-0.15, -0.1) is 11.3 Å². The quantitative estimate of drug-likeness (QED) is 0.842. The van der Waals surface area contributed by atoms with Crippen LogP contribution in [0, 0.1) is 6.92 Å². The summed E-state index contributed by atoms with van der Waals surface area (Å²) in [7, 11) is 0. The maximum absolute atomic E-state index is 11.3. The second-order valence-electron chi connectivity index (χ2n) is 4.18. The average Bonchev–Trinajstić information content (AvgIpc) is 2.89. The third-order valence-corrected chi connectivity index (χ3v) is 4.05. The number of nitrogens with one attached hydrogen (secondary N) is 1. The molecule has 18 heavy (non-hydrogen) atoms. The zero-order valence-electron chi connectivity index (χ0n) is 9.69. The molecule has 4 nitrogen and oxygen atoms in total. The summed E-state index contributed by atoms with van der Waals surface area (Å²) in [6.45, 7) is 1.82. The van der Waals surface area contributed by atoms with Crippen molar-refractivity contribution < 1.29 is 9.59 Å². The van der Waals surface area contributed by atoms with Gasteiger partial charge in [0.2, 0.25) is 5.91 Å². The van der Waals surface area contributed by atoms with Crippen LogP contribution in [0.2, 0.25) is 0 Å². The van der Waals surface area contributed by atoms with Crippen molar-refractivity contribution in [2.45, 2.75) is 13.3 Å². The lowest BCUT2D eigenvalue weighted by atomic mass is 10.1. The molecule has 0 bridgehead atoms. The van der Waals surface area contributed by atoms with E-state index in [4.69, 9.17) is 0 Å². The van der Waals surface area contributed by atoms with E-state index < -0.39 is 0 Å². The van der Waals surface area contributed by atoms with Gasteiger partial charge in [0.1, 0.15) is 5.01 Å². The van der Waals surface area contributed by atoms with Gasteiger partial charge in [0.25, 0.3) is 0 Å². The molecule has 3 rings (SSSR count). The van der Waals surface area contributed by atoms with Crippen molar-refractivity contribution >= 4 is 29.2 Å². The van der Waals surface area contributed by atoms with E-state index in [0.717, 1.165) is 33.8 Å². The Morgan fingerprint density at radius 2 is 2.28 bits per heavy atom. The monoisotopic (exact) mass is 258 g/mol. The maximum Gasteiger partial charge on any atom is 0.228 e. The van der Waals surface area contributed by atoms with Crippen molar-refractivity contribution in [3.05, 3.63) is 34.3 Å². The van der Waals surface area contributed by atoms with Crippen LogP contribution < -0.4 is 5.32 Å². The van der Waals surface area contributed by atoms with Gasteiger partial charge >= 0.3 is 0 Å². The molecule has 0 saturated carbocycles. The molecule has 0 unspecified atom stereocenters. The second-order valence-corrected chi connectivity index (χ2v) is 5.21. The molecule has 0 fully saturated rings. The van der Waals surface area contributed by atoms with Gasteiger partial charge in [0.15, 0.2) is 6.29 Å². The SMILES string of the molecule is Cc1nc(-c2ccc3c(c2)CC(=O)N3)sc1C=O. The Bertz CT molecular complexity index is 661. The summed E-state index contributed by atoms with van der Waals surface area (Å²) in [5, 5.41) is 3.61. The second kappa shape index (κ2) is 4.03. The lowest BCUT2D eigenvalue weighted by Gasteiger charge is -2.00. The predicted molar refractivity (Wildman–Crippen MR) is 70.0 cm³/mol. The number of fused-ring (bicyclic) bond motifs is 1. The van der Waals surface area contributed by atoms with Gasteiger partial charge in [-0.1, -0.05) is 0 Å². The standard InChI is InChI=1S/C13H10N2O2S/c1-7-11(6-16)18-13(14-7)8-2-3-10-9(4-8)5-12(17)15-10/h2-4,6H,5H2,1H3,(H,15,17). The van der Waals surface area contributed by atoms with Crippen LogP contribution in [0.5, 0.6) is 0 Å². The molecule has 0 radical (unpaired) electrons. The number of carbonyl (C=O) groups excluding carboxylic acids is 2.